The Bertz CT molecular complexity index is 1160. The number of nitrogens with zero attached hydrogens (tertiary/aromatic N) is 5. The van der Waals surface area contributed by atoms with Crippen molar-refractivity contribution in [1.82, 2.24) is 30.1 Å². The van der Waals surface area contributed by atoms with Crippen LogP contribution in [0.15, 0.2) is 23.0 Å². The number of hydrogen-bond donors (Lipinski definition) is 1. The fourth-order valence-electron chi connectivity index (χ4n) is 5.36. The van der Waals surface area contributed by atoms with Crippen molar-refractivity contribution < 1.29 is 4.74 Å². The zero-order valence-electron chi connectivity index (χ0n) is 19.7. The Morgan fingerprint density at radius 2 is 1.91 bits per heavy atom. The smallest absolute Gasteiger partial charge is 0.252 e. The van der Waals surface area contributed by atoms with Crippen LogP contribution in [0.2, 0.25) is 0 Å². The summed E-state index contributed by atoms with van der Waals surface area (Å²) >= 11 is 0. The highest BCUT2D eigenvalue weighted by molar-refractivity contribution is 5.85. The van der Waals surface area contributed by atoms with Crippen molar-refractivity contribution in [2.24, 2.45) is 0 Å². The molecule has 33 heavy (non-hydrogen) atoms. The van der Waals surface area contributed by atoms with Crippen molar-refractivity contribution in [3.63, 3.8) is 0 Å². The topological polar surface area (TPSA) is 88.9 Å². The lowest BCUT2D eigenvalue weighted by molar-refractivity contribution is 0.0659. The number of rotatable bonds is 7. The number of aromatic nitrogens is 5. The Hall–Kier alpha value is -2.58. The average molecular weight is 451 g/mol. The van der Waals surface area contributed by atoms with E-state index in [2.05, 4.69) is 50.5 Å². The third kappa shape index (κ3) is 4.87. The van der Waals surface area contributed by atoms with E-state index in [1.54, 1.807) is 0 Å². The van der Waals surface area contributed by atoms with Gasteiger partial charge in [0.15, 0.2) is 5.82 Å². The monoisotopic (exact) mass is 450 g/mol. The van der Waals surface area contributed by atoms with E-state index in [1.807, 2.05) is 11.6 Å². The first-order chi connectivity index (χ1) is 16.1. The van der Waals surface area contributed by atoms with Gasteiger partial charge in [-0.1, -0.05) is 31.4 Å². The van der Waals surface area contributed by atoms with Crippen molar-refractivity contribution in [1.29, 1.82) is 0 Å². The van der Waals surface area contributed by atoms with Crippen LogP contribution in [0.1, 0.15) is 73.5 Å². The van der Waals surface area contributed by atoms with Crippen LogP contribution in [0.4, 0.5) is 0 Å². The third-order valence-electron chi connectivity index (χ3n) is 7.25. The molecule has 0 bridgehead atoms. The van der Waals surface area contributed by atoms with E-state index in [1.165, 1.54) is 24.8 Å². The van der Waals surface area contributed by atoms with Gasteiger partial charge in [-0.2, -0.15) is 0 Å². The highest BCUT2D eigenvalue weighted by Gasteiger charge is 2.25. The van der Waals surface area contributed by atoms with Crippen LogP contribution in [0.25, 0.3) is 10.9 Å². The zero-order valence-corrected chi connectivity index (χ0v) is 19.7. The number of ether oxygens (including phenoxy) is 1. The molecule has 176 valence electrons. The molecule has 2 aromatic heterocycles. The molecule has 1 atom stereocenters. The second kappa shape index (κ2) is 9.73. The van der Waals surface area contributed by atoms with E-state index in [4.69, 9.17) is 4.74 Å². The lowest BCUT2D eigenvalue weighted by Gasteiger charge is -2.27. The van der Waals surface area contributed by atoms with Crippen molar-refractivity contribution >= 4 is 10.9 Å². The molecule has 0 radical (unpaired) electrons. The summed E-state index contributed by atoms with van der Waals surface area (Å²) in [6.07, 6.45) is 8.35. The van der Waals surface area contributed by atoms with Gasteiger partial charge in [0.2, 0.25) is 0 Å². The minimum atomic E-state index is -0.0274. The van der Waals surface area contributed by atoms with E-state index >= 15 is 0 Å². The number of tetrazole rings is 1. The maximum Gasteiger partial charge on any atom is 0.252 e. The van der Waals surface area contributed by atoms with E-state index in [0.29, 0.717) is 19.1 Å². The van der Waals surface area contributed by atoms with Crippen LogP contribution in [0.3, 0.4) is 0 Å². The number of pyridine rings is 1. The Balaban J connectivity index is 1.43. The summed E-state index contributed by atoms with van der Waals surface area (Å²) in [4.78, 5) is 18.4. The van der Waals surface area contributed by atoms with Crippen LogP contribution < -0.4 is 5.56 Å². The van der Waals surface area contributed by atoms with Gasteiger partial charge in [0, 0.05) is 30.6 Å². The molecule has 1 N–H and O–H groups in total. The van der Waals surface area contributed by atoms with Crippen LogP contribution in [-0.4, -0.2) is 49.3 Å². The van der Waals surface area contributed by atoms with Crippen molar-refractivity contribution in [2.45, 2.75) is 84.0 Å². The second-order valence-corrected chi connectivity index (χ2v) is 9.75. The van der Waals surface area contributed by atoms with Crippen LogP contribution in [0.5, 0.6) is 0 Å². The molecule has 1 aliphatic carbocycles. The van der Waals surface area contributed by atoms with Gasteiger partial charge in [0.05, 0.1) is 24.2 Å². The molecule has 8 nitrogen and oxygen atoms in total. The SMILES string of the molecule is Cc1ccc(C)c2[nH]c(=O)c(CN(Cc3nnnn3C3CCCCC3)C[C@@H]3CCCO3)cc12. The fourth-order valence-corrected chi connectivity index (χ4v) is 5.36. The largest absolute Gasteiger partial charge is 0.377 e. The van der Waals surface area contributed by atoms with Gasteiger partial charge in [0.25, 0.3) is 5.56 Å². The van der Waals surface area contributed by atoms with Gasteiger partial charge in [0.1, 0.15) is 0 Å². The number of aryl methyl sites for hydroxylation is 2. The molecule has 1 saturated carbocycles. The summed E-state index contributed by atoms with van der Waals surface area (Å²) in [5, 5.41) is 13.8. The summed E-state index contributed by atoms with van der Waals surface area (Å²) in [7, 11) is 0. The van der Waals surface area contributed by atoms with Crippen molar-refractivity contribution in [3.8, 4) is 0 Å². The van der Waals surface area contributed by atoms with Gasteiger partial charge in [-0.3, -0.25) is 9.69 Å². The predicted octanol–water partition coefficient (Wildman–Crippen LogP) is 3.82. The molecule has 2 fully saturated rings. The molecule has 1 aliphatic heterocycles. The standard InChI is InChI=1S/C25H34N6O2/c1-17-10-11-18(2)24-22(17)13-19(25(32)26-24)14-30(15-21-9-6-12-33-21)16-23-27-28-29-31(23)20-7-4-3-5-8-20/h10-11,13,20-21H,3-9,12,14-16H2,1-2H3,(H,26,32)/t21-/m0/s1. The molecule has 3 heterocycles. The van der Waals surface area contributed by atoms with E-state index in [9.17, 15) is 4.79 Å². The Labute approximate surface area is 194 Å². The molecule has 8 heteroatoms. The first-order valence-corrected chi connectivity index (χ1v) is 12.3. The molecule has 0 spiro atoms. The number of benzene rings is 1. The normalized spacial score (nSPS) is 19.7. The van der Waals surface area contributed by atoms with E-state index < -0.39 is 0 Å². The number of aromatic amines is 1. The van der Waals surface area contributed by atoms with Crippen molar-refractivity contribution in [2.75, 3.05) is 13.2 Å². The molecular formula is C25H34N6O2. The molecular weight excluding hydrogens is 416 g/mol. The summed E-state index contributed by atoms with van der Waals surface area (Å²) in [6, 6.07) is 6.61. The van der Waals surface area contributed by atoms with Gasteiger partial charge < -0.3 is 9.72 Å². The number of nitrogens with one attached hydrogen (secondary N) is 1. The highest BCUT2D eigenvalue weighted by Crippen LogP contribution is 2.28. The summed E-state index contributed by atoms with van der Waals surface area (Å²) in [5.74, 6) is 0.879. The first kappa shape index (κ1) is 22.2. The van der Waals surface area contributed by atoms with Crippen molar-refractivity contribution in [3.05, 3.63) is 51.1 Å². The fraction of sp³-hybridized carbons (Fsp3) is 0.600. The Kier molecular flexibility index (Phi) is 6.55. The first-order valence-electron chi connectivity index (χ1n) is 12.3. The quantitative estimate of drug-likeness (QED) is 0.589. The van der Waals surface area contributed by atoms with E-state index in [-0.39, 0.29) is 11.7 Å². The number of H-pyrrole nitrogens is 1. The highest BCUT2D eigenvalue weighted by atomic mass is 16.5. The minimum absolute atomic E-state index is 0.0274. The number of fused-ring (bicyclic) bond motifs is 1. The Morgan fingerprint density at radius 1 is 1.09 bits per heavy atom. The molecule has 1 saturated heterocycles. The minimum Gasteiger partial charge on any atom is -0.377 e. The van der Waals surface area contributed by atoms with E-state index in [0.717, 1.165) is 66.7 Å². The summed E-state index contributed by atoms with van der Waals surface area (Å²) in [6.45, 7) is 6.84. The maximum absolute atomic E-state index is 13.0. The molecule has 2 aliphatic rings. The van der Waals surface area contributed by atoms with Gasteiger partial charge in [-0.05, 0) is 67.2 Å². The molecule has 0 amide bonds. The molecule has 0 unspecified atom stereocenters. The predicted molar refractivity (Wildman–Crippen MR) is 127 cm³/mol. The van der Waals surface area contributed by atoms with Gasteiger partial charge in [-0.15, -0.1) is 5.10 Å². The summed E-state index contributed by atoms with van der Waals surface area (Å²) in [5.41, 5.74) is 3.92. The molecule has 5 rings (SSSR count). The molecule has 3 aromatic rings. The van der Waals surface area contributed by atoms with Gasteiger partial charge in [-0.25, -0.2) is 4.68 Å². The lowest BCUT2D eigenvalue weighted by atomic mass is 9.95. The third-order valence-corrected chi connectivity index (χ3v) is 7.25. The zero-order chi connectivity index (χ0) is 22.8. The molecule has 1 aromatic carbocycles. The van der Waals surface area contributed by atoms with Crippen LogP contribution in [0, 0.1) is 13.8 Å². The summed E-state index contributed by atoms with van der Waals surface area (Å²) < 4.78 is 7.96. The number of hydrogen-bond acceptors (Lipinski definition) is 6. The lowest BCUT2D eigenvalue weighted by Crippen LogP contribution is -2.34. The van der Waals surface area contributed by atoms with Crippen LogP contribution in [-0.2, 0) is 17.8 Å². The van der Waals surface area contributed by atoms with Crippen LogP contribution >= 0.6 is 0 Å². The maximum atomic E-state index is 13.0. The van der Waals surface area contributed by atoms with Gasteiger partial charge >= 0.3 is 0 Å². The Morgan fingerprint density at radius 3 is 2.70 bits per heavy atom. The second-order valence-electron chi connectivity index (χ2n) is 9.75. The average Bonchev–Trinajstić information content (AvgIpc) is 3.50.